The average Bonchev–Trinajstić information content (AvgIpc) is 2.61. The van der Waals surface area contributed by atoms with E-state index in [-0.39, 0.29) is 29.1 Å². The van der Waals surface area contributed by atoms with Crippen LogP contribution in [0.4, 0.5) is 0 Å². The van der Waals surface area contributed by atoms with Crippen LogP contribution in [0.5, 0.6) is 0 Å². The number of nitrogens with one attached hydrogen (secondary N) is 1. The highest BCUT2D eigenvalue weighted by Crippen LogP contribution is 2.38. The minimum absolute atomic E-state index is 0.113. The van der Waals surface area contributed by atoms with E-state index in [0.717, 1.165) is 5.56 Å². The molecule has 1 aromatic heterocycles. The number of ether oxygens (including phenoxy) is 1. The molecule has 1 aliphatic rings. The van der Waals surface area contributed by atoms with E-state index in [0.29, 0.717) is 5.69 Å². The van der Waals surface area contributed by atoms with Crippen LogP contribution in [0, 0.1) is 0 Å². The first-order chi connectivity index (χ1) is 8.21. The Balaban J connectivity index is 2.51. The maximum absolute atomic E-state index is 11.5. The number of rotatable bonds is 2. The topological polar surface area (TPSA) is 79.4 Å². The lowest BCUT2D eigenvalue weighted by Gasteiger charge is -2.34. The summed E-state index contributed by atoms with van der Waals surface area (Å²) in [5, 5.41) is 9.05. The van der Waals surface area contributed by atoms with Crippen molar-refractivity contribution < 1.29 is 19.4 Å². The Hall–Kier alpha value is -1.78. The van der Waals surface area contributed by atoms with Crippen LogP contribution in [-0.4, -0.2) is 28.1 Å². The number of carboxylic acid groups (broad SMARTS) is 1. The molecule has 0 amide bonds. The predicted octanol–water partition coefficient (Wildman–Crippen LogP) is 2.04. The van der Waals surface area contributed by atoms with Gasteiger partial charge in [-0.25, -0.2) is 4.79 Å². The highest BCUT2D eigenvalue weighted by Gasteiger charge is 2.44. The van der Waals surface area contributed by atoms with E-state index in [2.05, 4.69) is 4.98 Å². The van der Waals surface area contributed by atoms with Gasteiger partial charge in [-0.2, -0.15) is 0 Å². The number of esters is 1. The zero-order chi connectivity index (χ0) is 13.7. The zero-order valence-corrected chi connectivity index (χ0v) is 10.9. The first kappa shape index (κ1) is 12.7. The Labute approximate surface area is 105 Å². The van der Waals surface area contributed by atoms with Gasteiger partial charge in [0.25, 0.3) is 0 Å². The van der Waals surface area contributed by atoms with E-state index in [1.54, 1.807) is 13.0 Å². The standard InChI is InChI=1S/C13H17NO4/c1-6-9(12(17)18-6)10-7(13(2,3)4)5-8(14-10)11(15)16/h5-6,9,14H,1-4H3,(H,15,16)/t6-,9-/m1/s1. The average molecular weight is 251 g/mol. The van der Waals surface area contributed by atoms with Crippen LogP contribution in [0.15, 0.2) is 6.07 Å². The van der Waals surface area contributed by atoms with E-state index in [1.165, 1.54) is 0 Å². The lowest BCUT2D eigenvalue weighted by Crippen LogP contribution is -2.42. The van der Waals surface area contributed by atoms with Gasteiger partial charge in [-0.05, 0) is 24.0 Å². The van der Waals surface area contributed by atoms with Gasteiger partial charge < -0.3 is 14.8 Å². The molecular weight excluding hydrogens is 234 g/mol. The van der Waals surface area contributed by atoms with Gasteiger partial charge in [0.15, 0.2) is 0 Å². The number of H-pyrrole nitrogens is 1. The van der Waals surface area contributed by atoms with Crippen LogP contribution in [0.3, 0.4) is 0 Å². The van der Waals surface area contributed by atoms with Crippen molar-refractivity contribution in [2.75, 3.05) is 0 Å². The normalized spacial score (nSPS) is 23.4. The fourth-order valence-corrected chi connectivity index (χ4v) is 2.25. The largest absolute Gasteiger partial charge is 0.477 e. The number of carboxylic acids is 1. The number of aromatic amines is 1. The van der Waals surface area contributed by atoms with E-state index in [4.69, 9.17) is 9.84 Å². The molecule has 2 N–H and O–H groups in total. The van der Waals surface area contributed by atoms with Gasteiger partial charge in [0.2, 0.25) is 0 Å². The highest BCUT2D eigenvalue weighted by atomic mass is 16.6. The molecule has 0 radical (unpaired) electrons. The number of aromatic nitrogens is 1. The molecule has 0 saturated carbocycles. The van der Waals surface area contributed by atoms with Gasteiger partial charge in [-0.1, -0.05) is 20.8 Å². The Morgan fingerprint density at radius 3 is 2.44 bits per heavy atom. The summed E-state index contributed by atoms with van der Waals surface area (Å²) in [6, 6.07) is 1.61. The summed E-state index contributed by atoms with van der Waals surface area (Å²) in [6.07, 6.45) is -0.209. The molecule has 2 rings (SSSR count). The summed E-state index contributed by atoms with van der Waals surface area (Å²) in [5.74, 6) is -1.70. The van der Waals surface area contributed by atoms with Crippen LogP contribution >= 0.6 is 0 Å². The molecule has 0 bridgehead atoms. The maximum Gasteiger partial charge on any atom is 0.352 e. The molecule has 1 fully saturated rings. The van der Waals surface area contributed by atoms with E-state index in [1.807, 2.05) is 20.8 Å². The van der Waals surface area contributed by atoms with Crippen molar-refractivity contribution in [3.63, 3.8) is 0 Å². The Bertz CT molecular complexity index is 510. The summed E-state index contributed by atoms with van der Waals surface area (Å²) >= 11 is 0. The van der Waals surface area contributed by atoms with Crippen LogP contribution in [0.1, 0.15) is 55.4 Å². The Morgan fingerprint density at radius 2 is 2.06 bits per heavy atom. The smallest absolute Gasteiger partial charge is 0.352 e. The highest BCUT2D eigenvalue weighted by molar-refractivity contribution is 5.88. The molecular formula is C13H17NO4. The lowest BCUT2D eigenvalue weighted by molar-refractivity contribution is -0.173. The lowest BCUT2D eigenvalue weighted by atomic mass is 9.81. The molecule has 0 unspecified atom stereocenters. The predicted molar refractivity (Wildman–Crippen MR) is 64.7 cm³/mol. The van der Waals surface area contributed by atoms with Crippen LogP contribution < -0.4 is 0 Å². The number of carbonyl (C=O) groups is 2. The molecule has 0 aromatic carbocycles. The number of hydrogen-bond donors (Lipinski definition) is 2. The maximum atomic E-state index is 11.5. The fraction of sp³-hybridized carbons (Fsp3) is 0.538. The molecule has 1 aromatic rings. The molecule has 0 aliphatic carbocycles. The van der Waals surface area contributed by atoms with E-state index >= 15 is 0 Å². The summed E-state index contributed by atoms with van der Waals surface area (Å²) < 4.78 is 4.94. The van der Waals surface area contributed by atoms with Crippen molar-refractivity contribution in [3.8, 4) is 0 Å². The number of hydrogen-bond acceptors (Lipinski definition) is 3. The minimum Gasteiger partial charge on any atom is -0.477 e. The third kappa shape index (κ3) is 1.89. The molecule has 0 spiro atoms. The van der Waals surface area contributed by atoms with Crippen LogP contribution in [0.25, 0.3) is 0 Å². The van der Waals surface area contributed by atoms with Gasteiger partial charge in [-0.15, -0.1) is 0 Å². The second-order valence-corrected chi connectivity index (χ2v) is 5.69. The molecule has 1 aliphatic heterocycles. The van der Waals surface area contributed by atoms with Crippen LogP contribution in [0.2, 0.25) is 0 Å². The van der Waals surface area contributed by atoms with E-state index in [9.17, 15) is 9.59 Å². The second kappa shape index (κ2) is 3.86. The Morgan fingerprint density at radius 1 is 1.44 bits per heavy atom. The van der Waals surface area contributed by atoms with Gasteiger partial charge in [0, 0.05) is 5.69 Å². The third-order valence-corrected chi connectivity index (χ3v) is 3.22. The van der Waals surface area contributed by atoms with Crippen molar-refractivity contribution in [1.29, 1.82) is 0 Å². The minimum atomic E-state index is -1.02. The van der Waals surface area contributed by atoms with E-state index < -0.39 is 5.97 Å². The van der Waals surface area contributed by atoms with Gasteiger partial charge in [0.05, 0.1) is 0 Å². The quantitative estimate of drug-likeness (QED) is 0.788. The van der Waals surface area contributed by atoms with Crippen LogP contribution in [-0.2, 0) is 14.9 Å². The van der Waals surface area contributed by atoms with Crippen molar-refractivity contribution in [2.24, 2.45) is 0 Å². The first-order valence-corrected chi connectivity index (χ1v) is 5.89. The fourth-order valence-electron chi connectivity index (χ4n) is 2.25. The summed E-state index contributed by atoms with van der Waals surface area (Å²) in [4.78, 5) is 25.4. The van der Waals surface area contributed by atoms with Crippen molar-refractivity contribution in [2.45, 2.75) is 45.1 Å². The molecule has 2 atom stereocenters. The molecule has 5 nitrogen and oxygen atoms in total. The van der Waals surface area contributed by atoms with Gasteiger partial charge in [0.1, 0.15) is 17.7 Å². The number of cyclic esters (lactones) is 1. The molecule has 98 valence electrons. The second-order valence-electron chi connectivity index (χ2n) is 5.69. The molecule has 2 heterocycles. The Kier molecular flexibility index (Phi) is 2.72. The third-order valence-electron chi connectivity index (χ3n) is 3.22. The molecule has 1 saturated heterocycles. The van der Waals surface area contributed by atoms with Crippen molar-refractivity contribution in [3.05, 3.63) is 23.0 Å². The van der Waals surface area contributed by atoms with Gasteiger partial charge >= 0.3 is 11.9 Å². The molecule has 5 heteroatoms. The SMILES string of the molecule is C[C@H]1OC(=O)[C@H]1c1[nH]c(C(=O)O)cc1C(C)(C)C. The van der Waals surface area contributed by atoms with Gasteiger partial charge in [-0.3, -0.25) is 4.79 Å². The van der Waals surface area contributed by atoms with Crippen molar-refractivity contribution >= 4 is 11.9 Å². The summed E-state index contributed by atoms with van der Waals surface area (Å²) in [7, 11) is 0. The monoisotopic (exact) mass is 251 g/mol. The summed E-state index contributed by atoms with van der Waals surface area (Å²) in [5.41, 5.74) is 1.41. The molecule has 18 heavy (non-hydrogen) atoms. The zero-order valence-electron chi connectivity index (χ0n) is 10.9. The number of carbonyl (C=O) groups excluding carboxylic acids is 1. The number of aromatic carboxylic acids is 1. The van der Waals surface area contributed by atoms with Crippen molar-refractivity contribution in [1.82, 2.24) is 4.98 Å². The summed E-state index contributed by atoms with van der Waals surface area (Å²) in [6.45, 7) is 7.76. The first-order valence-electron chi connectivity index (χ1n) is 5.89.